The Hall–Kier alpha value is -3.29. The first-order chi connectivity index (χ1) is 12.0. The van der Waals surface area contributed by atoms with Gasteiger partial charge in [-0.2, -0.15) is 0 Å². The van der Waals surface area contributed by atoms with E-state index in [1.54, 1.807) is 35.5 Å². The maximum absolute atomic E-state index is 12.4. The SMILES string of the molecule is CN(C)c1ncc(NC(=O)CCn2cnc3ccccc3c2=O)cn1. The average molecular weight is 338 g/mol. The number of benzene rings is 1. The minimum atomic E-state index is -0.221. The molecule has 0 aliphatic rings. The Morgan fingerprint density at radius 1 is 1.16 bits per heavy atom. The number of rotatable bonds is 5. The molecule has 3 rings (SSSR count). The van der Waals surface area contributed by atoms with Gasteiger partial charge in [-0.15, -0.1) is 0 Å². The number of carbonyl (C=O) groups is 1. The van der Waals surface area contributed by atoms with Crippen LogP contribution < -0.4 is 15.8 Å². The molecule has 128 valence electrons. The van der Waals surface area contributed by atoms with E-state index in [0.717, 1.165) is 0 Å². The van der Waals surface area contributed by atoms with Gasteiger partial charge in [0.15, 0.2) is 0 Å². The molecule has 1 N–H and O–H groups in total. The first-order valence-electron chi connectivity index (χ1n) is 7.78. The molecule has 0 spiro atoms. The Morgan fingerprint density at radius 3 is 2.60 bits per heavy atom. The lowest BCUT2D eigenvalue weighted by molar-refractivity contribution is -0.116. The van der Waals surface area contributed by atoms with Crippen LogP contribution in [0.2, 0.25) is 0 Å². The Kier molecular flexibility index (Phi) is 4.69. The maximum Gasteiger partial charge on any atom is 0.261 e. The van der Waals surface area contributed by atoms with Gasteiger partial charge in [0, 0.05) is 27.1 Å². The van der Waals surface area contributed by atoms with E-state index in [0.29, 0.717) is 22.5 Å². The van der Waals surface area contributed by atoms with E-state index >= 15 is 0 Å². The van der Waals surface area contributed by atoms with Gasteiger partial charge in [0.25, 0.3) is 5.56 Å². The number of nitrogens with zero attached hydrogens (tertiary/aromatic N) is 5. The van der Waals surface area contributed by atoms with Gasteiger partial charge >= 0.3 is 0 Å². The summed E-state index contributed by atoms with van der Waals surface area (Å²) in [5.74, 6) is 0.341. The van der Waals surface area contributed by atoms with Crippen molar-refractivity contribution in [2.75, 3.05) is 24.3 Å². The number of carbonyl (C=O) groups excluding carboxylic acids is 1. The number of aryl methyl sites for hydroxylation is 1. The summed E-state index contributed by atoms with van der Waals surface area (Å²) in [6.45, 7) is 0.249. The molecule has 8 nitrogen and oxygen atoms in total. The minimum Gasteiger partial charge on any atom is -0.347 e. The van der Waals surface area contributed by atoms with Crippen LogP contribution in [0.3, 0.4) is 0 Å². The highest BCUT2D eigenvalue weighted by molar-refractivity contribution is 5.90. The zero-order valence-electron chi connectivity index (χ0n) is 14.0. The summed E-state index contributed by atoms with van der Waals surface area (Å²) in [6, 6.07) is 7.13. The van der Waals surface area contributed by atoms with Crippen molar-refractivity contribution in [3.8, 4) is 0 Å². The van der Waals surface area contributed by atoms with Crippen molar-refractivity contribution in [1.29, 1.82) is 0 Å². The van der Waals surface area contributed by atoms with E-state index in [-0.39, 0.29) is 24.4 Å². The summed E-state index contributed by atoms with van der Waals surface area (Å²) in [5.41, 5.74) is 1.00. The number of aromatic nitrogens is 4. The highest BCUT2D eigenvalue weighted by Crippen LogP contribution is 2.08. The van der Waals surface area contributed by atoms with Gasteiger partial charge in [-0.05, 0) is 12.1 Å². The smallest absolute Gasteiger partial charge is 0.261 e. The number of nitrogens with one attached hydrogen (secondary N) is 1. The van der Waals surface area contributed by atoms with Crippen LogP contribution in [-0.2, 0) is 11.3 Å². The van der Waals surface area contributed by atoms with Crippen molar-refractivity contribution in [3.63, 3.8) is 0 Å². The summed E-state index contributed by atoms with van der Waals surface area (Å²) >= 11 is 0. The van der Waals surface area contributed by atoms with Gasteiger partial charge in [0.2, 0.25) is 11.9 Å². The molecule has 0 aliphatic heterocycles. The van der Waals surface area contributed by atoms with Crippen LogP contribution in [0.25, 0.3) is 10.9 Å². The molecule has 0 fully saturated rings. The molecule has 0 atom stereocenters. The molecule has 0 aliphatic carbocycles. The van der Waals surface area contributed by atoms with Crippen LogP contribution >= 0.6 is 0 Å². The molecule has 0 bridgehead atoms. The molecular weight excluding hydrogens is 320 g/mol. The largest absolute Gasteiger partial charge is 0.347 e. The second-order valence-electron chi connectivity index (χ2n) is 5.72. The molecular formula is C17H18N6O2. The second-order valence-corrected chi connectivity index (χ2v) is 5.72. The number of para-hydroxylation sites is 1. The van der Waals surface area contributed by atoms with E-state index in [2.05, 4.69) is 20.3 Å². The number of amides is 1. The number of anilines is 2. The normalized spacial score (nSPS) is 10.6. The van der Waals surface area contributed by atoms with E-state index in [9.17, 15) is 9.59 Å². The first kappa shape index (κ1) is 16.6. The third-order valence-electron chi connectivity index (χ3n) is 3.63. The van der Waals surface area contributed by atoms with Gasteiger partial charge in [-0.3, -0.25) is 14.2 Å². The molecule has 25 heavy (non-hydrogen) atoms. The van der Waals surface area contributed by atoms with Crippen molar-refractivity contribution >= 4 is 28.4 Å². The number of hydrogen-bond donors (Lipinski definition) is 1. The molecule has 0 saturated carbocycles. The summed E-state index contributed by atoms with van der Waals surface area (Å²) in [5, 5.41) is 3.26. The number of hydrogen-bond acceptors (Lipinski definition) is 6. The van der Waals surface area contributed by atoms with Crippen LogP contribution in [0.5, 0.6) is 0 Å². The lowest BCUT2D eigenvalue weighted by Crippen LogP contribution is -2.23. The van der Waals surface area contributed by atoms with Crippen LogP contribution in [0.15, 0.2) is 47.8 Å². The van der Waals surface area contributed by atoms with Crippen molar-refractivity contribution in [1.82, 2.24) is 19.5 Å². The molecule has 1 aromatic carbocycles. The molecule has 0 saturated heterocycles. The van der Waals surface area contributed by atoms with Gasteiger partial charge in [-0.1, -0.05) is 12.1 Å². The zero-order chi connectivity index (χ0) is 17.8. The molecule has 0 unspecified atom stereocenters. The summed E-state index contributed by atoms with van der Waals surface area (Å²) in [4.78, 5) is 38.7. The second kappa shape index (κ2) is 7.08. The fourth-order valence-electron chi connectivity index (χ4n) is 2.33. The highest BCUT2D eigenvalue weighted by Gasteiger charge is 2.07. The third-order valence-corrected chi connectivity index (χ3v) is 3.63. The fourth-order valence-corrected chi connectivity index (χ4v) is 2.33. The third kappa shape index (κ3) is 3.79. The highest BCUT2D eigenvalue weighted by atomic mass is 16.2. The van der Waals surface area contributed by atoms with Crippen LogP contribution in [-0.4, -0.2) is 39.5 Å². The van der Waals surface area contributed by atoms with Crippen LogP contribution in [0.1, 0.15) is 6.42 Å². The molecule has 1 amide bonds. The summed E-state index contributed by atoms with van der Waals surface area (Å²) in [6.07, 6.45) is 4.70. The van der Waals surface area contributed by atoms with Crippen molar-refractivity contribution in [2.45, 2.75) is 13.0 Å². The topological polar surface area (TPSA) is 93.0 Å². The maximum atomic E-state index is 12.4. The van der Waals surface area contributed by atoms with E-state index in [4.69, 9.17) is 0 Å². The molecule has 0 radical (unpaired) electrons. The van der Waals surface area contributed by atoms with Crippen LogP contribution in [0, 0.1) is 0 Å². The van der Waals surface area contributed by atoms with Crippen molar-refractivity contribution in [3.05, 3.63) is 53.3 Å². The Bertz CT molecular complexity index is 949. The molecule has 3 aromatic rings. The van der Waals surface area contributed by atoms with Crippen molar-refractivity contribution in [2.24, 2.45) is 0 Å². The van der Waals surface area contributed by atoms with Crippen LogP contribution in [0.4, 0.5) is 11.6 Å². The zero-order valence-corrected chi connectivity index (χ0v) is 14.0. The minimum absolute atomic E-state index is 0.148. The van der Waals surface area contributed by atoms with E-state index in [1.807, 2.05) is 20.2 Å². The molecule has 2 aromatic heterocycles. The fraction of sp³-hybridized carbons (Fsp3) is 0.235. The van der Waals surface area contributed by atoms with E-state index in [1.165, 1.54) is 10.9 Å². The quantitative estimate of drug-likeness (QED) is 0.753. The van der Waals surface area contributed by atoms with E-state index < -0.39 is 0 Å². The Morgan fingerprint density at radius 2 is 1.88 bits per heavy atom. The lowest BCUT2D eigenvalue weighted by atomic mass is 10.2. The molecule has 2 heterocycles. The average Bonchev–Trinajstić information content (AvgIpc) is 2.62. The van der Waals surface area contributed by atoms with Gasteiger partial charge in [-0.25, -0.2) is 15.0 Å². The Labute approximate surface area is 144 Å². The standard InChI is InChI=1S/C17H18N6O2/c1-22(2)17-18-9-12(10-19-17)21-15(24)7-8-23-11-20-14-6-4-3-5-13(14)16(23)25/h3-6,9-11H,7-8H2,1-2H3,(H,21,24). The summed E-state index contributed by atoms with van der Waals surface area (Å²) in [7, 11) is 3.67. The van der Waals surface area contributed by atoms with Gasteiger partial charge in [0.05, 0.1) is 35.3 Å². The van der Waals surface area contributed by atoms with Gasteiger partial charge < -0.3 is 10.2 Å². The predicted octanol–water partition coefficient (Wildman–Crippen LogP) is 1.28. The lowest BCUT2D eigenvalue weighted by Gasteiger charge is -2.10. The first-order valence-corrected chi connectivity index (χ1v) is 7.78. The monoisotopic (exact) mass is 338 g/mol. The predicted molar refractivity (Wildman–Crippen MR) is 95.6 cm³/mol. The molecule has 8 heteroatoms. The Balaban J connectivity index is 1.64. The number of fused-ring (bicyclic) bond motifs is 1. The van der Waals surface area contributed by atoms with Crippen molar-refractivity contribution < 1.29 is 4.79 Å². The van der Waals surface area contributed by atoms with Gasteiger partial charge in [0.1, 0.15) is 0 Å². The summed E-state index contributed by atoms with van der Waals surface area (Å²) < 4.78 is 1.44.